The van der Waals surface area contributed by atoms with Crippen molar-refractivity contribution in [1.29, 1.82) is 0 Å². The average molecular weight is 188 g/mol. The second kappa shape index (κ2) is 4.13. The van der Waals surface area contributed by atoms with Crippen LogP contribution in [0.5, 0.6) is 0 Å². The molecule has 11 heavy (non-hydrogen) atoms. The molecular weight excluding hydrogens is 178 g/mol. The first kappa shape index (κ1) is 11.0. The third kappa shape index (κ3) is 4.44. The lowest BCUT2D eigenvalue weighted by molar-refractivity contribution is 0.0737. The first-order chi connectivity index (χ1) is 4.88. The number of halogens is 1. The number of hydrogen-bond acceptors (Lipinski definition) is 3. The Hall–Kier alpha value is -0.0000000000000000416. The summed E-state index contributed by atoms with van der Waals surface area (Å²) in [6.45, 7) is -0.708. The Kier molecular flexibility index (Phi) is 4.13. The van der Waals surface area contributed by atoms with Gasteiger partial charge in [0.2, 0.25) is 5.91 Å². The van der Waals surface area contributed by atoms with E-state index in [0.717, 1.165) is 0 Å². The lowest BCUT2D eigenvalue weighted by atomic mass is 10.3. The normalized spacial score (nSPS) is 17.9. The van der Waals surface area contributed by atoms with Gasteiger partial charge in [-0.1, -0.05) is 0 Å². The number of rotatable bonds is 4. The van der Waals surface area contributed by atoms with Gasteiger partial charge in [-0.3, -0.25) is 4.57 Å². The van der Waals surface area contributed by atoms with Crippen LogP contribution in [0.15, 0.2) is 0 Å². The molecule has 0 aromatic rings. The van der Waals surface area contributed by atoms with Crippen LogP contribution in [0.4, 0.5) is 4.39 Å². The summed E-state index contributed by atoms with van der Waals surface area (Å²) >= 11 is 0. The second-order valence-corrected chi connectivity index (χ2v) is 3.83. The minimum atomic E-state index is -4.76. The van der Waals surface area contributed by atoms with Crippen LogP contribution in [-0.2, 0) is 4.57 Å². The molecule has 7 heteroatoms. The molecule has 2 atom stereocenters. The van der Waals surface area contributed by atoms with Crippen molar-refractivity contribution in [3.05, 3.63) is 0 Å². The molecular formula is C4H10FO5P. The number of alkyl halides is 1. The molecule has 5 nitrogen and oxygen atoms in total. The van der Waals surface area contributed by atoms with Gasteiger partial charge >= 0.3 is 7.60 Å². The first-order valence-electron chi connectivity index (χ1n) is 2.86. The van der Waals surface area contributed by atoms with Gasteiger partial charge in [0, 0.05) is 6.42 Å². The van der Waals surface area contributed by atoms with E-state index in [2.05, 4.69) is 0 Å². The van der Waals surface area contributed by atoms with Gasteiger partial charge in [0.05, 0.1) is 12.7 Å². The Morgan fingerprint density at radius 3 is 2.18 bits per heavy atom. The third-order valence-corrected chi connectivity index (χ3v) is 1.98. The van der Waals surface area contributed by atoms with E-state index in [4.69, 9.17) is 20.0 Å². The Bertz CT molecular complexity index is 157. The highest BCUT2D eigenvalue weighted by Crippen LogP contribution is 2.44. The van der Waals surface area contributed by atoms with Gasteiger partial charge in [-0.25, -0.2) is 4.39 Å². The fraction of sp³-hybridized carbons (Fsp3) is 1.00. The molecule has 0 amide bonds. The Labute approximate surface area is 62.6 Å². The van der Waals surface area contributed by atoms with Crippen LogP contribution in [0, 0.1) is 0 Å². The van der Waals surface area contributed by atoms with Crippen LogP contribution in [0.2, 0.25) is 0 Å². The predicted molar refractivity (Wildman–Crippen MR) is 34.6 cm³/mol. The van der Waals surface area contributed by atoms with Gasteiger partial charge in [-0.2, -0.15) is 0 Å². The highest BCUT2D eigenvalue weighted by Gasteiger charge is 2.30. The monoisotopic (exact) mass is 188 g/mol. The van der Waals surface area contributed by atoms with Crippen LogP contribution in [0.3, 0.4) is 0 Å². The molecule has 0 rings (SSSR count). The maximum Gasteiger partial charge on any atom is 0.359 e. The zero-order valence-electron chi connectivity index (χ0n) is 5.59. The van der Waals surface area contributed by atoms with E-state index >= 15 is 0 Å². The maximum absolute atomic E-state index is 12.3. The molecule has 0 bridgehead atoms. The lowest BCUT2D eigenvalue weighted by Crippen LogP contribution is -2.18. The van der Waals surface area contributed by atoms with Crippen LogP contribution < -0.4 is 0 Å². The van der Waals surface area contributed by atoms with Gasteiger partial charge in [0.1, 0.15) is 0 Å². The molecule has 4 N–H and O–H groups in total. The molecule has 0 aliphatic carbocycles. The zero-order chi connectivity index (χ0) is 9.07. The van der Waals surface area contributed by atoms with E-state index in [1.165, 1.54) is 0 Å². The molecule has 68 valence electrons. The Morgan fingerprint density at radius 2 is 1.91 bits per heavy atom. The van der Waals surface area contributed by atoms with Gasteiger partial charge < -0.3 is 20.0 Å². The van der Waals surface area contributed by atoms with Crippen LogP contribution in [-0.4, -0.2) is 38.6 Å². The molecule has 0 aliphatic heterocycles. The van der Waals surface area contributed by atoms with Gasteiger partial charge in [0.15, 0.2) is 0 Å². The smallest absolute Gasteiger partial charge is 0.359 e. The Balaban J connectivity index is 3.88. The molecule has 0 saturated heterocycles. The highest BCUT2D eigenvalue weighted by molar-refractivity contribution is 7.52. The maximum atomic E-state index is 12.3. The lowest BCUT2D eigenvalue weighted by Gasteiger charge is -2.12. The molecule has 0 radical (unpaired) electrons. The predicted octanol–water partition coefficient (Wildman–Crippen LogP) is -0.797. The van der Waals surface area contributed by atoms with Crippen LogP contribution in [0.25, 0.3) is 0 Å². The number of aliphatic hydroxyl groups excluding tert-OH is 2. The molecule has 1 unspecified atom stereocenters. The highest BCUT2D eigenvalue weighted by atomic mass is 31.2. The minimum absolute atomic E-state index is 0.708. The summed E-state index contributed by atoms with van der Waals surface area (Å²) in [4.78, 5) is 16.3. The summed E-state index contributed by atoms with van der Waals surface area (Å²) in [5.74, 6) is -2.40. The fourth-order valence-electron chi connectivity index (χ4n) is 0.436. The van der Waals surface area contributed by atoms with Crippen molar-refractivity contribution < 1.29 is 29.0 Å². The molecule has 0 aliphatic rings. The average Bonchev–Trinajstić information content (AvgIpc) is 1.85. The Morgan fingerprint density at radius 1 is 1.45 bits per heavy atom. The van der Waals surface area contributed by atoms with Crippen molar-refractivity contribution in [3.8, 4) is 0 Å². The van der Waals surface area contributed by atoms with E-state index in [9.17, 15) is 8.96 Å². The van der Waals surface area contributed by atoms with Crippen molar-refractivity contribution in [2.45, 2.75) is 18.4 Å². The molecule has 0 heterocycles. The summed E-state index contributed by atoms with van der Waals surface area (Å²) in [5, 5.41) is 16.7. The van der Waals surface area contributed by atoms with E-state index < -0.39 is 32.6 Å². The van der Waals surface area contributed by atoms with Crippen LogP contribution >= 0.6 is 7.60 Å². The van der Waals surface area contributed by atoms with Gasteiger partial charge in [-0.15, -0.1) is 0 Å². The van der Waals surface area contributed by atoms with E-state index in [1.807, 2.05) is 0 Å². The summed E-state index contributed by atoms with van der Waals surface area (Å²) < 4.78 is 22.4. The molecule has 0 spiro atoms. The second-order valence-electron chi connectivity index (χ2n) is 2.10. The third-order valence-electron chi connectivity index (χ3n) is 1.04. The summed E-state index contributed by atoms with van der Waals surface area (Å²) in [5.41, 5.74) is 0. The van der Waals surface area contributed by atoms with Crippen molar-refractivity contribution >= 4 is 7.60 Å². The largest absolute Gasteiger partial charge is 0.394 e. The number of hydrogen-bond donors (Lipinski definition) is 4. The van der Waals surface area contributed by atoms with Crippen LogP contribution in [0.1, 0.15) is 6.42 Å². The standard InChI is InChI=1S/C4H10FO5P/c5-4(11(8,9)10)1-3(7)2-6/h3-4,6-7H,1-2H2,(H2,8,9,10)/t3-,4?/m0/s1. The van der Waals surface area contributed by atoms with E-state index in [-0.39, 0.29) is 0 Å². The van der Waals surface area contributed by atoms with Gasteiger partial charge in [0.25, 0.3) is 0 Å². The summed E-state index contributed by atoms with van der Waals surface area (Å²) in [7, 11) is -4.76. The molecule has 0 aromatic heterocycles. The topological polar surface area (TPSA) is 98.0 Å². The van der Waals surface area contributed by atoms with E-state index in [0.29, 0.717) is 0 Å². The summed E-state index contributed by atoms with van der Waals surface area (Å²) in [6.07, 6.45) is -2.17. The van der Waals surface area contributed by atoms with Gasteiger partial charge in [-0.05, 0) is 0 Å². The minimum Gasteiger partial charge on any atom is -0.394 e. The van der Waals surface area contributed by atoms with Crippen molar-refractivity contribution in [2.24, 2.45) is 0 Å². The molecule has 0 aromatic carbocycles. The SMILES string of the molecule is O=P(O)(O)C(F)C[C@H](O)CO. The van der Waals surface area contributed by atoms with Crippen molar-refractivity contribution in [2.75, 3.05) is 6.61 Å². The van der Waals surface area contributed by atoms with Crippen molar-refractivity contribution in [3.63, 3.8) is 0 Å². The molecule has 0 saturated carbocycles. The van der Waals surface area contributed by atoms with E-state index in [1.54, 1.807) is 0 Å². The quantitative estimate of drug-likeness (QED) is 0.433. The number of aliphatic hydroxyl groups is 2. The molecule has 0 fully saturated rings. The first-order valence-corrected chi connectivity index (χ1v) is 4.54. The summed E-state index contributed by atoms with van der Waals surface area (Å²) in [6, 6.07) is 0. The van der Waals surface area contributed by atoms with Crippen molar-refractivity contribution in [1.82, 2.24) is 0 Å². The fourth-order valence-corrected chi connectivity index (χ4v) is 0.954. The zero-order valence-corrected chi connectivity index (χ0v) is 6.49.